The molecule has 3 rings (SSSR count). The number of nitrogens with zero attached hydrogens (tertiary/aromatic N) is 4. The topological polar surface area (TPSA) is 105 Å². The van der Waals surface area contributed by atoms with Gasteiger partial charge in [-0.25, -0.2) is 8.42 Å². The average molecular weight is 405 g/mol. The lowest BCUT2D eigenvalue weighted by Gasteiger charge is -2.26. The number of sulfonamides is 1. The molecule has 2 aromatic rings. The molecule has 1 fully saturated rings. The Kier molecular flexibility index (Phi) is 6.22. The minimum Gasteiger partial charge on any atom is -0.379 e. The Hall–Kier alpha value is -2.56. The van der Waals surface area contributed by atoms with Gasteiger partial charge < -0.3 is 15.0 Å². The molecule has 1 aliphatic heterocycles. The van der Waals surface area contributed by atoms with Gasteiger partial charge in [-0.2, -0.15) is 4.31 Å². The second-order valence-corrected chi connectivity index (χ2v) is 8.45. The molecule has 1 aromatic heterocycles. The van der Waals surface area contributed by atoms with Crippen molar-refractivity contribution < 1.29 is 17.9 Å². The molecule has 9 nitrogen and oxygen atoms in total. The molecule has 28 heavy (non-hydrogen) atoms. The number of hydrogen-bond acceptors (Lipinski definition) is 7. The van der Waals surface area contributed by atoms with Gasteiger partial charge in [0.05, 0.1) is 18.1 Å². The van der Waals surface area contributed by atoms with Crippen molar-refractivity contribution in [2.45, 2.75) is 11.4 Å². The van der Waals surface area contributed by atoms with Gasteiger partial charge in [0.15, 0.2) is 11.5 Å². The smallest absolute Gasteiger partial charge is 0.272 e. The van der Waals surface area contributed by atoms with Crippen LogP contribution in [-0.2, 0) is 21.3 Å². The normalized spacial score (nSPS) is 15.2. The molecule has 2 heterocycles. The Morgan fingerprint density at radius 3 is 2.36 bits per heavy atom. The summed E-state index contributed by atoms with van der Waals surface area (Å²) in [5.74, 6) is 0.316. The highest BCUT2D eigenvalue weighted by Gasteiger charge is 2.26. The number of ether oxygens (including phenoxy) is 1. The number of aromatic nitrogens is 2. The van der Waals surface area contributed by atoms with Crippen molar-refractivity contribution in [2.75, 3.05) is 45.3 Å². The Bertz CT molecular complexity index is 908. The number of carbonyl (C=O) groups is 1. The third-order valence-electron chi connectivity index (χ3n) is 4.33. The Balaban J connectivity index is 1.60. The maximum atomic E-state index is 12.6. The number of benzene rings is 1. The number of hydrogen-bond donors (Lipinski definition) is 1. The quantitative estimate of drug-likeness (QED) is 0.746. The molecule has 0 aliphatic carbocycles. The van der Waals surface area contributed by atoms with E-state index in [0.717, 1.165) is 5.56 Å². The van der Waals surface area contributed by atoms with Gasteiger partial charge in [0.1, 0.15) is 0 Å². The van der Waals surface area contributed by atoms with Crippen molar-refractivity contribution >= 4 is 21.7 Å². The standard InChI is InChI=1S/C18H23N5O4S/c1-22(2)17-8-7-16(20-21-17)18(24)19-13-14-3-5-15(6-4-14)28(25,26)23-9-11-27-12-10-23/h3-8H,9-13H2,1-2H3,(H,19,24). The van der Waals surface area contributed by atoms with Crippen LogP contribution in [0.2, 0.25) is 0 Å². The van der Waals surface area contributed by atoms with Crippen LogP contribution in [0.3, 0.4) is 0 Å². The molecule has 0 spiro atoms. The van der Waals surface area contributed by atoms with Crippen molar-refractivity contribution in [1.82, 2.24) is 19.8 Å². The summed E-state index contributed by atoms with van der Waals surface area (Å²) in [5, 5.41) is 10.6. The zero-order chi connectivity index (χ0) is 20.1. The van der Waals surface area contributed by atoms with E-state index in [1.165, 1.54) is 4.31 Å². The van der Waals surface area contributed by atoms with E-state index in [1.807, 2.05) is 14.1 Å². The molecule has 1 saturated heterocycles. The minimum atomic E-state index is -3.52. The van der Waals surface area contributed by atoms with E-state index in [1.54, 1.807) is 41.3 Å². The predicted molar refractivity (Wildman–Crippen MR) is 104 cm³/mol. The SMILES string of the molecule is CN(C)c1ccc(C(=O)NCc2ccc(S(=O)(=O)N3CCOCC3)cc2)nn1. The highest BCUT2D eigenvalue weighted by Crippen LogP contribution is 2.17. The van der Waals surface area contributed by atoms with Gasteiger partial charge in [-0.3, -0.25) is 4.79 Å². The van der Waals surface area contributed by atoms with Crippen molar-refractivity contribution in [2.24, 2.45) is 0 Å². The summed E-state index contributed by atoms with van der Waals surface area (Å²) in [4.78, 5) is 14.2. The lowest BCUT2D eigenvalue weighted by molar-refractivity contribution is 0.0730. The van der Waals surface area contributed by atoms with E-state index < -0.39 is 10.0 Å². The highest BCUT2D eigenvalue weighted by molar-refractivity contribution is 7.89. The Labute approximate surface area is 164 Å². The molecule has 0 unspecified atom stereocenters. The fraction of sp³-hybridized carbons (Fsp3) is 0.389. The van der Waals surface area contributed by atoms with Gasteiger partial charge in [0.2, 0.25) is 10.0 Å². The summed E-state index contributed by atoms with van der Waals surface area (Å²) in [6, 6.07) is 9.81. The molecule has 1 aliphatic rings. The fourth-order valence-electron chi connectivity index (χ4n) is 2.67. The first-order chi connectivity index (χ1) is 13.4. The molecule has 1 N–H and O–H groups in total. The Morgan fingerprint density at radius 2 is 1.79 bits per heavy atom. The van der Waals surface area contributed by atoms with Crippen LogP contribution in [0.25, 0.3) is 0 Å². The van der Waals surface area contributed by atoms with Gasteiger partial charge in [0.25, 0.3) is 5.91 Å². The lowest BCUT2D eigenvalue weighted by Crippen LogP contribution is -2.40. The maximum absolute atomic E-state index is 12.6. The van der Waals surface area contributed by atoms with Gasteiger partial charge in [0, 0.05) is 33.7 Å². The lowest BCUT2D eigenvalue weighted by atomic mass is 10.2. The first-order valence-electron chi connectivity index (χ1n) is 8.84. The van der Waals surface area contributed by atoms with Gasteiger partial charge >= 0.3 is 0 Å². The van der Waals surface area contributed by atoms with Crippen molar-refractivity contribution in [3.05, 3.63) is 47.7 Å². The molecule has 1 amide bonds. The van der Waals surface area contributed by atoms with Crippen LogP contribution in [-0.4, -0.2) is 69.2 Å². The van der Waals surface area contributed by atoms with E-state index in [4.69, 9.17) is 4.74 Å². The largest absolute Gasteiger partial charge is 0.379 e. The number of rotatable bonds is 6. The molecular formula is C18H23N5O4S. The van der Waals surface area contributed by atoms with Gasteiger partial charge in [-0.15, -0.1) is 10.2 Å². The first-order valence-corrected chi connectivity index (χ1v) is 10.3. The Morgan fingerprint density at radius 1 is 1.11 bits per heavy atom. The van der Waals surface area contributed by atoms with Crippen LogP contribution in [0.5, 0.6) is 0 Å². The second-order valence-electron chi connectivity index (χ2n) is 6.51. The second kappa shape index (κ2) is 8.63. The third kappa shape index (κ3) is 4.64. The molecular weight excluding hydrogens is 382 g/mol. The molecule has 150 valence electrons. The van der Waals surface area contributed by atoms with Crippen LogP contribution in [0.15, 0.2) is 41.3 Å². The van der Waals surface area contributed by atoms with Crippen molar-refractivity contribution in [3.8, 4) is 0 Å². The number of nitrogens with one attached hydrogen (secondary N) is 1. The molecule has 0 atom stereocenters. The highest BCUT2D eigenvalue weighted by atomic mass is 32.2. The van der Waals surface area contributed by atoms with Crippen molar-refractivity contribution in [3.63, 3.8) is 0 Å². The minimum absolute atomic E-state index is 0.220. The molecule has 1 aromatic carbocycles. The summed E-state index contributed by atoms with van der Waals surface area (Å²) in [5.41, 5.74) is 1.00. The molecule has 0 radical (unpaired) electrons. The van der Waals surface area contributed by atoms with Crippen LogP contribution in [0.1, 0.15) is 16.1 Å². The zero-order valence-corrected chi connectivity index (χ0v) is 16.6. The molecule has 0 bridgehead atoms. The predicted octanol–water partition coefficient (Wildman–Crippen LogP) is 0.494. The third-order valence-corrected chi connectivity index (χ3v) is 6.24. The van der Waals surface area contributed by atoms with Crippen LogP contribution < -0.4 is 10.2 Å². The average Bonchev–Trinajstić information content (AvgIpc) is 2.73. The fourth-order valence-corrected chi connectivity index (χ4v) is 4.08. The van der Waals surface area contributed by atoms with Crippen LogP contribution in [0.4, 0.5) is 5.82 Å². The molecule has 10 heteroatoms. The summed E-state index contributed by atoms with van der Waals surface area (Å²) in [6.45, 7) is 1.78. The van der Waals surface area contributed by atoms with Gasteiger partial charge in [-0.1, -0.05) is 12.1 Å². The van der Waals surface area contributed by atoms with E-state index in [9.17, 15) is 13.2 Å². The number of morpholine rings is 1. The number of carbonyl (C=O) groups excluding carboxylic acids is 1. The van der Waals surface area contributed by atoms with E-state index in [-0.39, 0.29) is 23.0 Å². The number of anilines is 1. The summed E-state index contributed by atoms with van der Waals surface area (Å²) in [6.07, 6.45) is 0. The molecule has 0 saturated carbocycles. The van der Waals surface area contributed by atoms with E-state index in [0.29, 0.717) is 32.1 Å². The van der Waals surface area contributed by atoms with Gasteiger partial charge in [-0.05, 0) is 29.8 Å². The van der Waals surface area contributed by atoms with Crippen LogP contribution >= 0.6 is 0 Å². The number of amides is 1. The zero-order valence-electron chi connectivity index (χ0n) is 15.8. The first kappa shape index (κ1) is 20.2. The summed E-state index contributed by atoms with van der Waals surface area (Å²) >= 11 is 0. The van der Waals surface area contributed by atoms with E-state index in [2.05, 4.69) is 15.5 Å². The summed E-state index contributed by atoms with van der Waals surface area (Å²) in [7, 11) is 0.159. The summed E-state index contributed by atoms with van der Waals surface area (Å²) < 4.78 is 31.8. The van der Waals surface area contributed by atoms with Crippen LogP contribution in [0, 0.1) is 0 Å². The monoisotopic (exact) mass is 405 g/mol. The van der Waals surface area contributed by atoms with Crippen molar-refractivity contribution in [1.29, 1.82) is 0 Å². The maximum Gasteiger partial charge on any atom is 0.272 e. The van der Waals surface area contributed by atoms with E-state index >= 15 is 0 Å².